The summed E-state index contributed by atoms with van der Waals surface area (Å²) in [5.41, 5.74) is 1.13. The molecule has 0 radical (unpaired) electrons. The molecule has 0 spiro atoms. The molecular weight excluding hydrogens is 266 g/mol. The van der Waals surface area contributed by atoms with E-state index in [1.54, 1.807) is 0 Å². The zero-order valence-electron chi connectivity index (χ0n) is 9.62. The molecule has 3 nitrogen and oxygen atoms in total. The maximum absolute atomic E-state index is 4.05. The Morgan fingerprint density at radius 1 is 1.50 bits per heavy atom. The van der Waals surface area contributed by atoms with Crippen LogP contribution in [0.1, 0.15) is 19.8 Å². The molecule has 1 N–H and O–H groups in total. The van der Waals surface area contributed by atoms with Crippen LogP contribution in [0, 0.1) is 0 Å². The van der Waals surface area contributed by atoms with Crippen molar-refractivity contribution in [3.05, 3.63) is 22.9 Å². The van der Waals surface area contributed by atoms with E-state index in [-0.39, 0.29) is 0 Å². The fourth-order valence-electron chi connectivity index (χ4n) is 2.09. The predicted octanol–water partition coefficient (Wildman–Crippen LogP) is 2.74. The maximum atomic E-state index is 4.05. The van der Waals surface area contributed by atoms with Crippen LogP contribution >= 0.6 is 15.9 Å². The lowest BCUT2D eigenvalue weighted by molar-refractivity contribution is 0.269. The van der Waals surface area contributed by atoms with Crippen molar-refractivity contribution in [3.63, 3.8) is 0 Å². The Morgan fingerprint density at radius 3 is 2.94 bits per heavy atom. The Morgan fingerprint density at radius 2 is 2.25 bits per heavy atom. The second-order valence-corrected chi connectivity index (χ2v) is 5.18. The van der Waals surface area contributed by atoms with Crippen LogP contribution in [0.4, 0.5) is 5.69 Å². The first-order valence-electron chi connectivity index (χ1n) is 5.85. The van der Waals surface area contributed by atoms with E-state index in [2.05, 4.69) is 38.1 Å². The van der Waals surface area contributed by atoms with Crippen LogP contribution in [0.2, 0.25) is 0 Å². The number of nitrogens with one attached hydrogen (secondary N) is 1. The number of hydrogen-bond donors (Lipinski definition) is 1. The highest BCUT2D eigenvalue weighted by Crippen LogP contribution is 2.20. The molecule has 88 valence electrons. The van der Waals surface area contributed by atoms with Crippen molar-refractivity contribution in [2.45, 2.75) is 25.8 Å². The summed E-state index contributed by atoms with van der Waals surface area (Å²) in [5, 5.41) is 3.46. The SMILES string of the molecule is CC(CNc1ccncc1Br)N1CCCC1. The second-order valence-electron chi connectivity index (χ2n) is 4.33. The first-order chi connectivity index (χ1) is 7.77. The molecule has 4 heteroatoms. The quantitative estimate of drug-likeness (QED) is 0.921. The highest BCUT2D eigenvalue weighted by atomic mass is 79.9. The van der Waals surface area contributed by atoms with Gasteiger partial charge < -0.3 is 5.32 Å². The van der Waals surface area contributed by atoms with Crippen molar-refractivity contribution >= 4 is 21.6 Å². The summed E-state index contributed by atoms with van der Waals surface area (Å²) < 4.78 is 1.03. The minimum atomic E-state index is 0.600. The van der Waals surface area contributed by atoms with Gasteiger partial charge in [-0.3, -0.25) is 9.88 Å². The molecule has 16 heavy (non-hydrogen) atoms. The third kappa shape index (κ3) is 2.95. The van der Waals surface area contributed by atoms with Gasteiger partial charge in [0.1, 0.15) is 0 Å². The molecule has 0 aliphatic carbocycles. The molecule has 1 unspecified atom stereocenters. The van der Waals surface area contributed by atoms with Gasteiger partial charge in [-0.2, -0.15) is 0 Å². The molecule has 2 rings (SSSR count). The molecule has 1 fully saturated rings. The Hall–Kier alpha value is -0.610. The zero-order chi connectivity index (χ0) is 11.4. The van der Waals surface area contributed by atoms with Crippen LogP contribution < -0.4 is 5.32 Å². The van der Waals surface area contributed by atoms with E-state index in [4.69, 9.17) is 0 Å². The highest BCUT2D eigenvalue weighted by Gasteiger charge is 2.17. The number of hydrogen-bond acceptors (Lipinski definition) is 3. The zero-order valence-corrected chi connectivity index (χ0v) is 11.2. The first-order valence-corrected chi connectivity index (χ1v) is 6.64. The van der Waals surface area contributed by atoms with Gasteiger partial charge >= 0.3 is 0 Å². The van der Waals surface area contributed by atoms with Gasteiger partial charge in [-0.15, -0.1) is 0 Å². The Kier molecular flexibility index (Phi) is 4.18. The lowest BCUT2D eigenvalue weighted by atomic mass is 10.3. The molecule has 1 aromatic rings. The van der Waals surface area contributed by atoms with E-state index in [1.807, 2.05) is 18.5 Å². The minimum absolute atomic E-state index is 0.600. The van der Waals surface area contributed by atoms with Crippen LogP contribution in [-0.4, -0.2) is 35.6 Å². The average Bonchev–Trinajstić information content (AvgIpc) is 2.81. The minimum Gasteiger partial charge on any atom is -0.382 e. The lowest BCUT2D eigenvalue weighted by Gasteiger charge is -2.24. The number of nitrogens with zero attached hydrogens (tertiary/aromatic N) is 2. The summed E-state index contributed by atoms with van der Waals surface area (Å²) in [5.74, 6) is 0. The Labute approximate surface area is 105 Å². The molecule has 1 saturated heterocycles. The van der Waals surface area contributed by atoms with Gasteiger partial charge in [-0.25, -0.2) is 0 Å². The summed E-state index contributed by atoms with van der Waals surface area (Å²) in [4.78, 5) is 6.60. The first kappa shape index (κ1) is 11.9. The summed E-state index contributed by atoms with van der Waals surface area (Å²) in [6, 6.07) is 2.60. The van der Waals surface area contributed by atoms with Crippen molar-refractivity contribution in [2.75, 3.05) is 25.0 Å². The number of likely N-dealkylation sites (tertiary alicyclic amines) is 1. The molecule has 0 saturated carbocycles. The Balaban J connectivity index is 1.84. The van der Waals surface area contributed by atoms with E-state index in [1.165, 1.54) is 25.9 Å². The van der Waals surface area contributed by atoms with Crippen LogP contribution in [0.25, 0.3) is 0 Å². The van der Waals surface area contributed by atoms with Gasteiger partial charge in [0.15, 0.2) is 0 Å². The summed E-state index contributed by atoms with van der Waals surface area (Å²) >= 11 is 3.49. The standard InChI is InChI=1S/C12H18BrN3/c1-10(16-6-2-3-7-16)8-15-12-4-5-14-9-11(12)13/h4-5,9-10H,2-3,6-8H2,1H3,(H,14,15). The van der Waals surface area contributed by atoms with Crippen molar-refractivity contribution in [2.24, 2.45) is 0 Å². The van der Waals surface area contributed by atoms with Gasteiger partial charge in [0.2, 0.25) is 0 Å². The molecule has 1 atom stereocenters. The molecule has 2 heterocycles. The lowest BCUT2D eigenvalue weighted by Crippen LogP contribution is -2.35. The maximum Gasteiger partial charge on any atom is 0.0590 e. The van der Waals surface area contributed by atoms with Crippen LogP contribution in [0.3, 0.4) is 0 Å². The number of pyridine rings is 1. The van der Waals surface area contributed by atoms with Crippen LogP contribution in [-0.2, 0) is 0 Å². The summed E-state index contributed by atoms with van der Waals surface area (Å²) in [6.45, 7) is 5.77. The van der Waals surface area contributed by atoms with Gasteiger partial charge in [-0.1, -0.05) is 0 Å². The largest absolute Gasteiger partial charge is 0.382 e. The number of halogens is 1. The van der Waals surface area contributed by atoms with Crippen molar-refractivity contribution in [3.8, 4) is 0 Å². The van der Waals surface area contributed by atoms with Crippen molar-refractivity contribution in [1.82, 2.24) is 9.88 Å². The van der Waals surface area contributed by atoms with Gasteiger partial charge in [0, 0.05) is 25.0 Å². The van der Waals surface area contributed by atoms with E-state index in [0.717, 1.165) is 16.7 Å². The van der Waals surface area contributed by atoms with Crippen LogP contribution in [0.15, 0.2) is 22.9 Å². The monoisotopic (exact) mass is 283 g/mol. The predicted molar refractivity (Wildman–Crippen MR) is 70.7 cm³/mol. The summed E-state index contributed by atoms with van der Waals surface area (Å²) in [7, 11) is 0. The van der Waals surface area contributed by atoms with Gasteiger partial charge in [0.05, 0.1) is 10.2 Å². The number of anilines is 1. The van der Waals surface area contributed by atoms with Crippen LogP contribution in [0.5, 0.6) is 0 Å². The smallest absolute Gasteiger partial charge is 0.0590 e. The molecule has 0 bridgehead atoms. The van der Waals surface area contributed by atoms with E-state index >= 15 is 0 Å². The topological polar surface area (TPSA) is 28.2 Å². The molecule has 1 aromatic heterocycles. The molecular formula is C12H18BrN3. The van der Waals surface area contributed by atoms with Crippen molar-refractivity contribution in [1.29, 1.82) is 0 Å². The highest BCUT2D eigenvalue weighted by molar-refractivity contribution is 9.10. The fourth-order valence-corrected chi connectivity index (χ4v) is 2.48. The van der Waals surface area contributed by atoms with Gasteiger partial charge in [0.25, 0.3) is 0 Å². The second kappa shape index (κ2) is 5.64. The average molecular weight is 284 g/mol. The third-order valence-electron chi connectivity index (χ3n) is 3.12. The van der Waals surface area contributed by atoms with Gasteiger partial charge in [-0.05, 0) is 54.9 Å². The van der Waals surface area contributed by atoms with E-state index in [9.17, 15) is 0 Å². The van der Waals surface area contributed by atoms with E-state index < -0.39 is 0 Å². The number of aromatic nitrogens is 1. The third-order valence-corrected chi connectivity index (χ3v) is 3.76. The summed E-state index contributed by atoms with van der Waals surface area (Å²) in [6.07, 6.45) is 6.34. The fraction of sp³-hybridized carbons (Fsp3) is 0.583. The molecule has 0 aromatic carbocycles. The Bertz CT molecular complexity index is 337. The molecule has 0 amide bonds. The van der Waals surface area contributed by atoms with Crippen molar-refractivity contribution < 1.29 is 0 Å². The molecule has 1 aliphatic heterocycles. The number of rotatable bonds is 4. The molecule has 1 aliphatic rings. The van der Waals surface area contributed by atoms with E-state index in [0.29, 0.717) is 6.04 Å². The normalized spacial score (nSPS) is 18.6.